The van der Waals surface area contributed by atoms with Crippen molar-refractivity contribution in [3.63, 3.8) is 0 Å². The van der Waals surface area contributed by atoms with E-state index in [0.717, 1.165) is 49.9 Å². The Hall–Kier alpha value is -2.59. The number of rotatable bonds is 8. The van der Waals surface area contributed by atoms with E-state index in [0.29, 0.717) is 12.1 Å². The van der Waals surface area contributed by atoms with Gasteiger partial charge in [0.15, 0.2) is 11.5 Å². The van der Waals surface area contributed by atoms with Gasteiger partial charge in [0.25, 0.3) is 0 Å². The van der Waals surface area contributed by atoms with Crippen molar-refractivity contribution in [1.29, 1.82) is 5.26 Å². The Morgan fingerprint density at radius 1 is 1.11 bits per heavy atom. The molecule has 0 aliphatic carbocycles. The summed E-state index contributed by atoms with van der Waals surface area (Å²) in [5.74, 6) is 1.47. The molecule has 1 unspecified atom stereocenters. The zero-order valence-electron chi connectivity index (χ0n) is 16.5. The minimum atomic E-state index is 0.197. The van der Waals surface area contributed by atoms with Gasteiger partial charge in [-0.05, 0) is 35.4 Å². The summed E-state index contributed by atoms with van der Waals surface area (Å²) >= 11 is 0. The highest BCUT2D eigenvalue weighted by Crippen LogP contribution is 2.32. The van der Waals surface area contributed by atoms with Crippen LogP contribution in [0.3, 0.4) is 0 Å². The Labute approximate surface area is 166 Å². The molecule has 3 rings (SSSR count). The summed E-state index contributed by atoms with van der Waals surface area (Å²) in [4.78, 5) is 2.43. The third kappa shape index (κ3) is 5.02. The first-order chi connectivity index (χ1) is 13.7. The summed E-state index contributed by atoms with van der Waals surface area (Å²) in [6, 6.07) is 16.2. The van der Waals surface area contributed by atoms with Crippen molar-refractivity contribution in [2.24, 2.45) is 0 Å². The van der Waals surface area contributed by atoms with Crippen LogP contribution in [0.15, 0.2) is 42.5 Å². The van der Waals surface area contributed by atoms with Crippen molar-refractivity contribution in [3.8, 4) is 17.6 Å². The molecule has 2 aromatic rings. The van der Waals surface area contributed by atoms with Crippen LogP contribution in [-0.2, 0) is 11.3 Å². The molecule has 2 aromatic carbocycles. The molecule has 0 bridgehead atoms. The fraction of sp³-hybridized carbons (Fsp3) is 0.409. The smallest absolute Gasteiger partial charge is 0.161 e. The molecule has 0 aromatic heterocycles. The zero-order valence-corrected chi connectivity index (χ0v) is 16.5. The van der Waals surface area contributed by atoms with Gasteiger partial charge in [-0.3, -0.25) is 4.90 Å². The molecule has 6 nitrogen and oxygen atoms in total. The van der Waals surface area contributed by atoms with Crippen LogP contribution in [0.4, 0.5) is 0 Å². The highest BCUT2D eigenvalue weighted by Gasteiger charge is 2.23. The van der Waals surface area contributed by atoms with Crippen LogP contribution >= 0.6 is 0 Å². The number of methoxy groups -OCH3 is 2. The predicted molar refractivity (Wildman–Crippen MR) is 108 cm³/mol. The Balaban J connectivity index is 1.74. The monoisotopic (exact) mass is 381 g/mol. The average molecular weight is 381 g/mol. The van der Waals surface area contributed by atoms with Gasteiger partial charge in [-0.1, -0.05) is 18.2 Å². The van der Waals surface area contributed by atoms with Crippen molar-refractivity contribution in [1.82, 2.24) is 10.2 Å². The number of hydrogen-bond donors (Lipinski definition) is 1. The van der Waals surface area contributed by atoms with Crippen molar-refractivity contribution >= 4 is 0 Å². The SMILES string of the molecule is COc1ccc(C(CNCc2cccc(C#N)c2)N2CCOCC2)cc1OC. The van der Waals surface area contributed by atoms with Crippen molar-refractivity contribution in [2.75, 3.05) is 47.1 Å². The standard InChI is InChI=1S/C22H27N3O3/c1-26-21-7-6-19(13-22(21)27-2)20(25-8-10-28-11-9-25)16-24-15-18-5-3-4-17(12-18)14-23/h3-7,12-13,20,24H,8-11,15-16H2,1-2H3. The van der Waals surface area contributed by atoms with Gasteiger partial charge in [-0.2, -0.15) is 5.26 Å². The number of nitrogens with zero attached hydrogens (tertiary/aromatic N) is 2. The summed E-state index contributed by atoms with van der Waals surface area (Å²) in [5.41, 5.74) is 2.97. The van der Waals surface area contributed by atoms with Crippen LogP contribution in [0.1, 0.15) is 22.7 Å². The molecule has 6 heteroatoms. The van der Waals surface area contributed by atoms with Crippen LogP contribution in [0.5, 0.6) is 11.5 Å². The number of nitriles is 1. The lowest BCUT2D eigenvalue weighted by Gasteiger charge is -2.35. The second-order valence-corrected chi connectivity index (χ2v) is 6.72. The Morgan fingerprint density at radius 2 is 1.89 bits per heavy atom. The topological polar surface area (TPSA) is 66.8 Å². The third-order valence-electron chi connectivity index (χ3n) is 5.00. The Morgan fingerprint density at radius 3 is 2.61 bits per heavy atom. The summed E-state index contributed by atoms with van der Waals surface area (Å²) in [6.45, 7) is 4.77. The highest BCUT2D eigenvalue weighted by molar-refractivity contribution is 5.44. The lowest BCUT2D eigenvalue weighted by molar-refractivity contribution is 0.0160. The van der Waals surface area contributed by atoms with E-state index in [1.54, 1.807) is 14.2 Å². The molecule has 0 radical (unpaired) electrons. The van der Waals surface area contributed by atoms with E-state index in [4.69, 9.17) is 19.5 Å². The van der Waals surface area contributed by atoms with Gasteiger partial charge < -0.3 is 19.5 Å². The van der Waals surface area contributed by atoms with E-state index in [9.17, 15) is 0 Å². The first-order valence-electron chi connectivity index (χ1n) is 9.48. The van der Waals surface area contributed by atoms with E-state index in [1.165, 1.54) is 5.56 Å². The highest BCUT2D eigenvalue weighted by atomic mass is 16.5. The lowest BCUT2D eigenvalue weighted by atomic mass is 10.0. The van der Waals surface area contributed by atoms with Gasteiger partial charge in [0.05, 0.1) is 39.1 Å². The van der Waals surface area contributed by atoms with Crippen LogP contribution in [0, 0.1) is 11.3 Å². The second-order valence-electron chi connectivity index (χ2n) is 6.72. The minimum Gasteiger partial charge on any atom is -0.493 e. The number of nitrogens with one attached hydrogen (secondary N) is 1. The van der Waals surface area contributed by atoms with Gasteiger partial charge in [-0.25, -0.2) is 0 Å². The Bertz CT molecular complexity index is 813. The second kappa shape index (κ2) is 10.1. The normalized spacial score (nSPS) is 15.6. The number of morpholine rings is 1. The molecule has 1 aliphatic heterocycles. The molecule has 28 heavy (non-hydrogen) atoms. The summed E-state index contributed by atoms with van der Waals surface area (Å²) < 4.78 is 16.4. The predicted octanol–water partition coefficient (Wildman–Crippen LogP) is 2.74. The van der Waals surface area contributed by atoms with E-state index < -0.39 is 0 Å². The van der Waals surface area contributed by atoms with E-state index >= 15 is 0 Å². The molecule has 1 aliphatic rings. The fourth-order valence-corrected chi connectivity index (χ4v) is 3.51. The molecule has 1 saturated heterocycles. The molecule has 0 spiro atoms. The summed E-state index contributed by atoms with van der Waals surface area (Å²) in [6.07, 6.45) is 0. The van der Waals surface area contributed by atoms with Crippen molar-refractivity contribution in [3.05, 3.63) is 59.2 Å². The Kier molecular flexibility index (Phi) is 7.26. The molecule has 148 valence electrons. The van der Waals surface area contributed by atoms with Crippen LogP contribution < -0.4 is 14.8 Å². The zero-order chi connectivity index (χ0) is 19.8. The maximum Gasteiger partial charge on any atom is 0.161 e. The van der Waals surface area contributed by atoms with Crippen LogP contribution in [0.2, 0.25) is 0 Å². The quantitative estimate of drug-likeness (QED) is 0.758. The number of benzene rings is 2. The van der Waals surface area contributed by atoms with E-state index in [-0.39, 0.29) is 6.04 Å². The molecular weight excluding hydrogens is 354 g/mol. The van der Waals surface area contributed by atoms with E-state index in [2.05, 4.69) is 28.4 Å². The average Bonchev–Trinajstić information content (AvgIpc) is 2.77. The van der Waals surface area contributed by atoms with Gasteiger partial charge in [0, 0.05) is 32.2 Å². The van der Waals surface area contributed by atoms with Gasteiger partial charge in [-0.15, -0.1) is 0 Å². The van der Waals surface area contributed by atoms with Gasteiger partial charge in [0.2, 0.25) is 0 Å². The lowest BCUT2D eigenvalue weighted by Crippen LogP contribution is -2.42. The molecule has 1 heterocycles. The van der Waals surface area contributed by atoms with Crippen LogP contribution in [-0.4, -0.2) is 52.0 Å². The largest absolute Gasteiger partial charge is 0.493 e. The van der Waals surface area contributed by atoms with Gasteiger partial charge in [0.1, 0.15) is 0 Å². The van der Waals surface area contributed by atoms with Crippen LogP contribution in [0.25, 0.3) is 0 Å². The van der Waals surface area contributed by atoms with E-state index in [1.807, 2.05) is 30.3 Å². The third-order valence-corrected chi connectivity index (χ3v) is 5.00. The maximum atomic E-state index is 9.08. The minimum absolute atomic E-state index is 0.197. The fourth-order valence-electron chi connectivity index (χ4n) is 3.51. The molecule has 0 amide bonds. The van der Waals surface area contributed by atoms with Crippen molar-refractivity contribution < 1.29 is 14.2 Å². The first kappa shape index (κ1) is 20.2. The first-order valence-corrected chi connectivity index (χ1v) is 9.48. The molecule has 1 atom stereocenters. The number of ether oxygens (including phenoxy) is 3. The molecule has 1 fully saturated rings. The maximum absolute atomic E-state index is 9.08. The van der Waals surface area contributed by atoms with Crippen molar-refractivity contribution in [2.45, 2.75) is 12.6 Å². The molecular formula is C22H27N3O3. The number of hydrogen-bond acceptors (Lipinski definition) is 6. The molecule has 1 N–H and O–H groups in total. The summed E-state index contributed by atoms with van der Waals surface area (Å²) in [7, 11) is 3.31. The van der Waals surface area contributed by atoms with Gasteiger partial charge >= 0.3 is 0 Å². The molecule has 0 saturated carbocycles. The summed E-state index contributed by atoms with van der Waals surface area (Å²) in [5, 5.41) is 12.6.